The summed E-state index contributed by atoms with van der Waals surface area (Å²) in [5, 5.41) is 17.6. The second-order valence-corrected chi connectivity index (χ2v) is 6.77. The highest BCUT2D eigenvalue weighted by Crippen LogP contribution is 2.24. The third kappa shape index (κ3) is 5.54. The fourth-order valence-electron chi connectivity index (χ4n) is 3.21. The number of pyridine rings is 1. The molecule has 1 fully saturated rings. The quantitative estimate of drug-likeness (QED) is 0.621. The molecule has 0 saturated carbocycles. The minimum Gasteiger partial charge on any atom is -0.371 e. The van der Waals surface area contributed by atoms with Gasteiger partial charge in [-0.3, -0.25) is 0 Å². The van der Waals surface area contributed by atoms with Crippen molar-refractivity contribution in [3.05, 3.63) is 53.7 Å². The number of carbonyl (C=O) groups excluding carboxylic acids is 1. The highest BCUT2D eigenvalue weighted by Gasteiger charge is 2.23. The second kappa shape index (κ2) is 9.68. The van der Waals surface area contributed by atoms with Crippen LogP contribution in [0.25, 0.3) is 0 Å². The van der Waals surface area contributed by atoms with Gasteiger partial charge in [-0.15, -0.1) is 0 Å². The lowest BCUT2D eigenvalue weighted by Crippen LogP contribution is -2.40. The Hall–Kier alpha value is -3.41. The maximum atomic E-state index is 13.4. The first-order valence-electron chi connectivity index (χ1n) is 9.37. The average Bonchev–Trinajstić information content (AvgIpc) is 3.21. The van der Waals surface area contributed by atoms with E-state index in [1.165, 1.54) is 6.07 Å². The summed E-state index contributed by atoms with van der Waals surface area (Å²) in [6.07, 6.45) is 2.45. The van der Waals surface area contributed by atoms with E-state index in [4.69, 9.17) is 5.26 Å². The van der Waals surface area contributed by atoms with Crippen molar-refractivity contribution in [3.8, 4) is 6.07 Å². The van der Waals surface area contributed by atoms with Gasteiger partial charge in [-0.1, -0.05) is 0 Å². The van der Waals surface area contributed by atoms with Gasteiger partial charge in [0.05, 0.1) is 5.56 Å². The van der Waals surface area contributed by atoms with E-state index in [0.29, 0.717) is 43.2 Å². The highest BCUT2D eigenvalue weighted by atomic mass is 19.2. The monoisotopic (exact) mass is 400 g/mol. The molecule has 3 rings (SSSR count). The number of carbonyl (C=O) groups is 1. The van der Waals surface area contributed by atoms with Crippen LogP contribution in [-0.4, -0.2) is 43.7 Å². The molecule has 1 saturated heterocycles. The van der Waals surface area contributed by atoms with Gasteiger partial charge in [0, 0.05) is 50.7 Å². The van der Waals surface area contributed by atoms with Crippen LogP contribution >= 0.6 is 0 Å². The molecule has 2 amide bonds. The molecule has 3 N–H and O–H groups in total. The van der Waals surface area contributed by atoms with Gasteiger partial charge in [-0.2, -0.15) is 5.26 Å². The van der Waals surface area contributed by atoms with Crippen molar-refractivity contribution in [1.29, 1.82) is 5.26 Å². The van der Waals surface area contributed by atoms with Crippen LogP contribution in [0.1, 0.15) is 12.0 Å². The summed E-state index contributed by atoms with van der Waals surface area (Å²) in [5.41, 5.74) is 1.09. The number of rotatable bonds is 7. The van der Waals surface area contributed by atoms with E-state index in [1.807, 2.05) is 11.0 Å². The van der Waals surface area contributed by atoms with E-state index < -0.39 is 11.6 Å². The molecule has 1 aliphatic rings. The Morgan fingerprint density at radius 3 is 2.90 bits per heavy atom. The molecule has 0 aliphatic carbocycles. The predicted molar refractivity (Wildman–Crippen MR) is 106 cm³/mol. The number of aromatic nitrogens is 1. The number of benzene rings is 1. The molecule has 0 spiro atoms. The number of nitrogens with one attached hydrogen (secondary N) is 3. The minimum atomic E-state index is -0.857. The molecule has 0 bridgehead atoms. The van der Waals surface area contributed by atoms with Crippen LogP contribution in [0.3, 0.4) is 0 Å². The van der Waals surface area contributed by atoms with Crippen LogP contribution < -0.4 is 20.9 Å². The van der Waals surface area contributed by atoms with Gasteiger partial charge in [-0.25, -0.2) is 18.6 Å². The summed E-state index contributed by atoms with van der Waals surface area (Å²) in [4.78, 5) is 18.0. The normalized spacial score (nSPS) is 15.6. The zero-order valence-corrected chi connectivity index (χ0v) is 15.8. The molecule has 152 valence electrons. The number of halogens is 2. The van der Waals surface area contributed by atoms with E-state index in [9.17, 15) is 13.6 Å². The Balaban J connectivity index is 1.35. The van der Waals surface area contributed by atoms with Gasteiger partial charge in [-0.05, 0) is 36.6 Å². The van der Waals surface area contributed by atoms with Gasteiger partial charge in [0.1, 0.15) is 11.9 Å². The number of hydrogen-bond acceptors (Lipinski definition) is 5. The minimum absolute atomic E-state index is 0.235. The van der Waals surface area contributed by atoms with Crippen LogP contribution in [0.2, 0.25) is 0 Å². The lowest BCUT2D eigenvalue weighted by Gasteiger charge is -2.19. The Labute approximate surface area is 167 Å². The molecule has 9 heteroatoms. The van der Waals surface area contributed by atoms with Crippen molar-refractivity contribution in [2.75, 3.05) is 42.9 Å². The van der Waals surface area contributed by atoms with Crippen LogP contribution in [-0.2, 0) is 0 Å². The van der Waals surface area contributed by atoms with Crippen molar-refractivity contribution >= 4 is 17.5 Å². The number of anilines is 2. The second-order valence-electron chi connectivity index (χ2n) is 6.77. The molecule has 7 nitrogen and oxygen atoms in total. The van der Waals surface area contributed by atoms with E-state index in [-0.39, 0.29) is 11.9 Å². The Bertz CT molecular complexity index is 901. The Kier molecular flexibility index (Phi) is 6.79. The number of nitrogens with zero attached hydrogens (tertiary/aromatic N) is 3. The number of nitriles is 1. The zero-order valence-electron chi connectivity index (χ0n) is 15.8. The van der Waals surface area contributed by atoms with E-state index in [1.54, 1.807) is 24.4 Å². The maximum Gasteiger partial charge on any atom is 0.314 e. The van der Waals surface area contributed by atoms with E-state index in [2.05, 4.69) is 20.9 Å². The Morgan fingerprint density at radius 2 is 2.10 bits per heavy atom. The topological polar surface area (TPSA) is 93.1 Å². The molecular formula is C20H22F2N6O. The number of amides is 2. The SMILES string of the molecule is N#Cc1cccnc1NCCNC(=O)NCC1CCN(c2ccc(F)c(F)c2)C1. The maximum absolute atomic E-state index is 13.4. The van der Waals surface area contributed by atoms with Crippen molar-refractivity contribution in [3.63, 3.8) is 0 Å². The van der Waals surface area contributed by atoms with Gasteiger partial charge in [0.2, 0.25) is 0 Å². The third-order valence-corrected chi connectivity index (χ3v) is 4.74. The largest absolute Gasteiger partial charge is 0.371 e. The smallest absolute Gasteiger partial charge is 0.314 e. The van der Waals surface area contributed by atoms with Crippen molar-refractivity contribution in [2.45, 2.75) is 6.42 Å². The molecular weight excluding hydrogens is 378 g/mol. The lowest BCUT2D eigenvalue weighted by atomic mass is 10.1. The molecule has 1 unspecified atom stereocenters. The van der Waals surface area contributed by atoms with Crippen molar-refractivity contribution in [2.24, 2.45) is 5.92 Å². The molecule has 1 aliphatic heterocycles. The molecule has 1 atom stereocenters. The summed E-state index contributed by atoms with van der Waals surface area (Å²) in [6.45, 7) is 2.71. The molecule has 2 aromatic rings. The fraction of sp³-hybridized carbons (Fsp3) is 0.350. The molecule has 29 heavy (non-hydrogen) atoms. The summed E-state index contributed by atoms with van der Waals surface area (Å²) < 4.78 is 26.5. The lowest BCUT2D eigenvalue weighted by molar-refractivity contribution is 0.239. The van der Waals surface area contributed by atoms with Crippen LogP contribution in [0.15, 0.2) is 36.5 Å². The van der Waals surface area contributed by atoms with Crippen LogP contribution in [0.4, 0.5) is 25.1 Å². The van der Waals surface area contributed by atoms with E-state index in [0.717, 1.165) is 19.0 Å². The van der Waals surface area contributed by atoms with Crippen LogP contribution in [0, 0.1) is 28.9 Å². The number of hydrogen-bond donors (Lipinski definition) is 3. The van der Waals surface area contributed by atoms with Crippen LogP contribution in [0.5, 0.6) is 0 Å². The zero-order chi connectivity index (χ0) is 20.6. The summed E-state index contributed by atoms with van der Waals surface area (Å²) in [5.74, 6) is -0.993. The van der Waals surface area contributed by atoms with Gasteiger partial charge < -0.3 is 20.9 Å². The summed E-state index contributed by atoms with van der Waals surface area (Å²) >= 11 is 0. The third-order valence-electron chi connectivity index (χ3n) is 4.74. The average molecular weight is 400 g/mol. The molecule has 1 aromatic heterocycles. The predicted octanol–water partition coefficient (Wildman–Crippen LogP) is 2.47. The van der Waals surface area contributed by atoms with Crippen molar-refractivity contribution in [1.82, 2.24) is 15.6 Å². The number of urea groups is 1. The first-order chi connectivity index (χ1) is 14.1. The first kappa shape index (κ1) is 20.3. The highest BCUT2D eigenvalue weighted by molar-refractivity contribution is 5.73. The van der Waals surface area contributed by atoms with Gasteiger partial charge in [0.15, 0.2) is 11.6 Å². The summed E-state index contributed by atoms with van der Waals surface area (Å²) in [7, 11) is 0. The molecule has 1 aromatic carbocycles. The van der Waals surface area contributed by atoms with E-state index >= 15 is 0 Å². The first-order valence-corrected chi connectivity index (χ1v) is 9.37. The van der Waals surface area contributed by atoms with Gasteiger partial charge >= 0.3 is 6.03 Å². The standard InChI is InChI=1S/C20H22F2N6O/c21-17-4-3-16(10-18(17)22)28-9-5-14(13-28)12-27-20(29)26-8-7-25-19-15(11-23)2-1-6-24-19/h1-4,6,10,14H,5,7-9,12-13H2,(H,24,25)(H2,26,27,29). The van der Waals surface area contributed by atoms with Gasteiger partial charge in [0.25, 0.3) is 0 Å². The summed E-state index contributed by atoms with van der Waals surface area (Å²) in [6, 6.07) is 9.01. The molecule has 0 radical (unpaired) electrons. The Morgan fingerprint density at radius 1 is 1.24 bits per heavy atom. The fourth-order valence-corrected chi connectivity index (χ4v) is 3.21. The van der Waals surface area contributed by atoms with Crippen molar-refractivity contribution < 1.29 is 13.6 Å². The molecule has 2 heterocycles.